The molecule has 1 aliphatic rings. The van der Waals surface area contributed by atoms with E-state index in [1.807, 2.05) is 11.8 Å². The third kappa shape index (κ3) is 4.69. The van der Waals surface area contributed by atoms with E-state index in [0.29, 0.717) is 31.2 Å². The first-order chi connectivity index (χ1) is 11.9. The van der Waals surface area contributed by atoms with Crippen LogP contribution in [0.4, 0.5) is 13.2 Å². The van der Waals surface area contributed by atoms with Gasteiger partial charge in [-0.15, -0.1) is 0 Å². The van der Waals surface area contributed by atoms with Crippen LogP contribution in [-0.2, 0) is 12.7 Å². The van der Waals surface area contributed by atoms with Crippen LogP contribution >= 0.6 is 0 Å². The molecule has 3 rings (SSSR count). The van der Waals surface area contributed by atoms with Crippen molar-refractivity contribution in [3.63, 3.8) is 0 Å². The highest BCUT2D eigenvalue weighted by atomic mass is 19.4. The molecule has 1 aromatic heterocycles. The molecule has 1 fully saturated rings. The van der Waals surface area contributed by atoms with Crippen LogP contribution in [0, 0.1) is 6.92 Å². The topological polar surface area (TPSA) is 38.2 Å². The Bertz CT molecular complexity index is 695. The fourth-order valence-electron chi connectivity index (χ4n) is 2.95. The lowest BCUT2D eigenvalue weighted by Gasteiger charge is -2.32. The van der Waals surface area contributed by atoms with Crippen molar-refractivity contribution in [3.05, 3.63) is 53.3 Å². The van der Waals surface area contributed by atoms with Crippen molar-refractivity contribution < 1.29 is 17.9 Å². The zero-order chi connectivity index (χ0) is 17.9. The number of aromatic nitrogens is 2. The molecule has 1 aliphatic heterocycles. The minimum absolute atomic E-state index is 0.00295. The lowest BCUT2D eigenvalue weighted by Crippen LogP contribution is -2.38. The Hall–Kier alpha value is -2.15. The summed E-state index contributed by atoms with van der Waals surface area (Å²) >= 11 is 0. The number of hydrogen-bond donors (Lipinski definition) is 0. The Labute approximate surface area is 144 Å². The van der Waals surface area contributed by atoms with Gasteiger partial charge in [0, 0.05) is 32.0 Å². The van der Waals surface area contributed by atoms with E-state index in [2.05, 4.69) is 9.97 Å². The fourth-order valence-corrected chi connectivity index (χ4v) is 2.95. The van der Waals surface area contributed by atoms with Gasteiger partial charge in [0.15, 0.2) is 0 Å². The van der Waals surface area contributed by atoms with Crippen LogP contribution in [-0.4, -0.2) is 34.1 Å². The second-order valence-corrected chi connectivity index (χ2v) is 6.29. The van der Waals surface area contributed by atoms with Crippen LogP contribution < -0.4 is 4.74 Å². The molecular weight excluding hydrogens is 331 g/mol. The quantitative estimate of drug-likeness (QED) is 0.839. The molecule has 0 spiro atoms. The molecule has 7 heteroatoms. The van der Waals surface area contributed by atoms with Gasteiger partial charge in [0.1, 0.15) is 6.10 Å². The van der Waals surface area contributed by atoms with Crippen LogP contribution in [0.15, 0.2) is 36.7 Å². The summed E-state index contributed by atoms with van der Waals surface area (Å²) in [6, 6.07) is 6.11. The van der Waals surface area contributed by atoms with Crippen LogP contribution in [0.3, 0.4) is 0 Å². The molecule has 0 atom stereocenters. The lowest BCUT2D eigenvalue weighted by atomic mass is 10.0. The minimum atomic E-state index is -4.32. The largest absolute Gasteiger partial charge is 0.460 e. The monoisotopic (exact) mass is 351 g/mol. The van der Waals surface area contributed by atoms with Gasteiger partial charge in [0.25, 0.3) is 0 Å². The van der Waals surface area contributed by atoms with Crippen molar-refractivity contribution in [3.8, 4) is 6.01 Å². The molecule has 0 radical (unpaired) electrons. The van der Waals surface area contributed by atoms with E-state index in [1.54, 1.807) is 24.5 Å². The van der Waals surface area contributed by atoms with E-state index >= 15 is 0 Å². The fraction of sp³-hybridized carbons (Fsp3) is 0.444. The number of benzene rings is 1. The molecule has 2 heterocycles. The number of hydrogen-bond acceptors (Lipinski definition) is 4. The summed E-state index contributed by atoms with van der Waals surface area (Å²) in [6.07, 6.45) is 0.561. The molecule has 1 saturated heterocycles. The first-order valence-corrected chi connectivity index (χ1v) is 8.24. The highest BCUT2D eigenvalue weighted by molar-refractivity contribution is 5.29. The predicted molar refractivity (Wildman–Crippen MR) is 87.1 cm³/mol. The number of aryl methyl sites for hydroxylation is 1. The zero-order valence-electron chi connectivity index (χ0n) is 14.0. The number of alkyl halides is 3. The molecule has 0 amide bonds. The van der Waals surface area contributed by atoms with Gasteiger partial charge in [0.05, 0.1) is 5.56 Å². The zero-order valence-corrected chi connectivity index (χ0v) is 14.0. The van der Waals surface area contributed by atoms with E-state index in [1.165, 1.54) is 6.07 Å². The maximum absolute atomic E-state index is 13.1. The second kappa shape index (κ2) is 7.39. The van der Waals surface area contributed by atoms with Gasteiger partial charge in [-0.25, -0.2) is 9.97 Å². The number of ether oxygens (including phenoxy) is 1. The van der Waals surface area contributed by atoms with Crippen molar-refractivity contribution >= 4 is 0 Å². The van der Waals surface area contributed by atoms with E-state index in [0.717, 1.165) is 24.5 Å². The van der Waals surface area contributed by atoms with Crippen molar-refractivity contribution in [1.29, 1.82) is 0 Å². The van der Waals surface area contributed by atoms with Crippen LogP contribution in [0.5, 0.6) is 6.01 Å². The molecule has 134 valence electrons. The Morgan fingerprint density at radius 3 is 2.40 bits per heavy atom. The number of piperidine rings is 1. The molecule has 0 N–H and O–H groups in total. The molecular formula is C18H20F3N3O. The summed E-state index contributed by atoms with van der Waals surface area (Å²) in [5, 5.41) is 0. The average Bonchev–Trinajstić information content (AvgIpc) is 2.58. The molecule has 1 aromatic carbocycles. The van der Waals surface area contributed by atoms with E-state index < -0.39 is 11.7 Å². The Kier molecular flexibility index (Phi) is 5.22. The molecule has 2 aromatic rings. The number of likely N-dealkylation sites (tertiary alicyclic amines) is 1. The van der Waals surface area contributed by atoms with Crippen molar-refractivity contribution in [1.82, 2.24) is 14.9 Å². The number of halogens is 3. The van der Waals surface area contributed by atoms with Gasteiger partial charge >= 0.3 is 12.2 Å². The van der Waals surface area contributed by atoms with E-state index in [9.17, 15) is 13.2 Å². The molecule has 25 heavy (non-hydrogen) atoms. The third-order valence-corrected chi connectivity index (χ3v) is 4.28. The van der Waals surface area contributed by atoms with Gasteiger partial charge < -0.3 is 4.74 Å². The molecule has 0 aliphatic carbocycles. The number of rotatable bonds is 4. The third-order valence-electron chi connectivity index (χ3n) is 4.28. The van der Waals surface area contributed by atoms with E-state index in [-0.39, 0.29) is 6.10 Å². The average molecular weight is 351 g/mol. The molecule has 0 bridgehead atoms. The Balaban J connectivity index is 1.56. The van der Waals surface area contributed by atoms with Crippen LogP contribution in [0.25, 0.3) is 0 Å². The van der Waals surface area contributed by atoms with Gasteiger partial charge in [0.2, 0.25) is 0 Å². The summed E-state index contributed by atoms with van der Waals surface area (Å²) in [4.78, 5) is 10.3. The van der Waals surface area contributed by atoms with Gasteiger partial charge in [-0.05, 0) is 37.0 Å². The SMILES string of the molecule is Cc1cnc(OC2CCN(Cc3ccccc3C(F)(F)F)CC2)nc1. The smallest absolute Gasteiger partial charge is 0.416 e. The van der Waals surface area contributed by atoms with Gasteiger partial charge in [-0.3, -0.25) is 4.90 Å². The van der Waals surface area contributed by atoms with Gasteiger partial charge in [-0.1, -0.05) is 18.2 Å². The minimum Gasteiger partial charge on any atom is -0.460 e. The van der Waals surface area contributed by atoms with Crippen molar-refractivity contribution in [2.45, 2.75) is 38.6 Å². The number of nitrogens with zero attached hydrogens (tertiary/aromatic N) is 3. The summed E-state index contributed by atoms with van der Waals surface area (Å²) in [7, 11) is 0. The highest BCUT2D eigenvalue weighted by Crippen LogP contribution is 2.32. The van der Waals surface area contributed by atoms with Crippen molar-refractivity contribution in [2.24, 2.45) is 0 Å². The standard InChI is InChI=1S/C18H20F3N3O/c1-13-10-22-17(23-11-13)25-15-6-8-24(9-7-15)12-14-4-2-3-5-16(14)18(19,20)21/h2-5,10-11,15H,6-9,12H2,1H3. The summed E-state index contributed by atoms with van der Waals surface area (Å²) in [6.45, 7) is 3.57. The molecule has 4 nitrogen and oxygen atoms in total. The summed E-state index contributed by atoms with van der Waals surface area (Å²) < 4.78 is 45.0. The predicted octanol–water partition coefficient (Wildman–Crippen LogP) is 3.85. The maximum atomic E-state index is 13.1. The normalized spacial score (nSPS) is 16.8. The second-order valence-electron chi connectivity index (χ2n) is 6.29. The van der Waals surface area contributed by atoms with Crippen LogP contribution in [0.2, 0.25) is 0 Å². The first kappa shape index (κ1) is 17.7. The molecule has 0 saturated carbocycles. The van der Waals surface area contributed by atoms with Crippen molar-refractivity contribution in [2.75, 3.05) is 13.1 Å². The maximum Gasteiger partial charge on any atom is 0.416 e. The summed E-state index contributed by atoms with van der Waals surface area (Å²) in [5.74, 6) is 0. The Morgan fingerprint density at radius 2 is 1.76 bits per heavy atom. The first-order valence-electron chi connectivity index (χ1n) is 8.24. The molecule has 0 unspecified atom stereocenters. The highest BCUT2D eigenvalue weighted by Gasteiger charge is 2.33. The summed E-state index contributed by atoms with van der Waals surface area (Å²) in [5.41, 5.74) is 0.725. The van der Waals surface area contributed by atoms with Gasteiger partial charge in [-0.2, -0.15) is 13.2 Å². The Morgan fingerprint density at radius 1 is 1.12 bits per heavy atom. The lowest BCUT2D eigenvalue weighted by molar-refractivity contribution is -0.138. The van der Waals surface area contributed by atoms with E-state index in [4.69, 9.17) is 4.74 Å². The van der Waals surface area contributed by atoms with Crippen LogP contribution in [0.1, 0.15) is 29.5 Å².